The summed E-state index contributed by atoms with van der Waals surface area (Å²) in [6.45, 7) is 4.79. The number of para-hydroxylation sites is 1. The highest BCUT2D eigenvalue weighted by atomic mass is 16.5. The highest BCUT2D eigenvalue weighted by molar-refractivity contribution is 5.93. The molecule has 158 valence electrons. The van der Waals surface area contributed by atoms with E-state index in [9.17, 15) is 4.79 Å². The van der Waals surface area contributed by atoms with Gasteiger partial charge in [-0.05, 0) is 19.1 Å². The van der Waals surface area contributed by atoms with Gasteiger partial charge in [0.25, 0.3) is 0 Å². The van der Waals surface area contributed by atoms with Crippen LogP contribution in [0.2, 0.25) is 0 Å². The second kappa shape index (κ2) is 7.96. The molecule has 0 N–H and O–H groups in total. The number of amides is 1. The number of ether oxygens (including phenoxy) is 1. The van der Waals surface area contributed by atoms with Crippen LogP contribution in [0.15, 0.2) is 48.5 Å². The van der Waals surface area contributed by atoms with Crippen LogP contribution in [0.1, 0.15) is 5.56 Å². The van der Waals surface area contributed by atoms with Gasteiger partial charge in [0.15, 0.2) is 11.5 Å². The van der Waals surface area contributed by atoms with Crippen LogP contribution < -0.4 is 4.90 Å². The van der Waals surface area contributed by atoms with Crippen molar-refractivity contribution in [3.05, 3.63) is 54.1 Å². The first-order chi connectivity index (χ1) is 15.2. The van der Waals surface area contributed by atoms with Crippen molar-refractivity contribution in [2.45, 2.75) is 6.92 Å². The Labute approximate surface area is 180 Å². The van der Waals surface area contributed by atoms with Crippen LogP contribution in [0.3, 0.4) is 0 Å². The molecule has 1 fully saturated rings. The third-order valence-corrected chi connectivity index (χ3v) is 5.72. The predicted octanol–water partition coefficient (Wildman–Crippen LogP) is 2.55. The fourth-order valence-corrected chi connectivity index (χ4v) is 4.04. The smallest absolute Gasteiger partial charge is 0.248 e. The molecule has 5 rings (SSSR count). The number of aryl methyl sites for hydroxylation is 1. The molecule has 0 aliphatic carbocycles. The summed E-state index contributed by atoms with van der Waals surface area (Å²) in [4.78, 5) is 21.2. The molecule has 1 saturated heterocycles. The van der Waals surface area contributed by atoms with E-state index in [4.69, 9.17) is 9.72 Å². The molecule has 1 amide bonds. The molecule has 0 saturated carbocycles. The van der Waals surface area contributed by atoms with E-state index in [-0.39, 0.29) is 12.5 Å². The van der Waals surface area contributed by atoms with Crippen molar-refractivity contribution in [2.24, 2.45) is 0 Å². The summed E-state index contributed by atoms with van der Waals surface area (Å²) < 4.78 is 7.04. The lowest BCUT2D eigenvalue weighted by Crippen LogP contribution is -2.50. The van der Waals surface area contributed by atoms with E-state index >= 15 is 0 Å². The lowest BCUT2D eigenvalue weighted by Gasteiger charge is -2.35. The molecular formula is C23H24N6O2. The van der Waals surface area contributed by atoms with Crippen LogP contribution in [-0.4, -0.2) is 70.3 Å². The largest absolute Gasteiger partial charge is 0.375 e. The second-order valence-corrected chi connectivity index (χ2v) is 7.78. The minimum Gasteiger partial charge on any atom is -0.375 e. The van der Waals surface area contributed by atoms with Gasteiger partial charge in [0.2, 0.25) is 11.9 Å². The van der Waals surface area contributed by atoms with E-state index in [1.165, 1.54) is 5.56 Å². The zero-order chi connectivity index (χ0) is 21.4. The van der Waals surface area contributed by atoms with E-state index < -0.39 is 0 Å². The third kappa shape index (κ3) is 3.48. The van der Waals surface area contributed by atoms with E-state index in [0.29, 0.717) is 26.2 Å². The van der Waals surface area contributed by atoms with Gasteiger partial charge >= 0.3 is 0 Å². The van der Waals surface area contributed by atoms with Crippen LogP contribution in [0, 0.1) is 6.92 Å². The number of aromatic nitrogens is 4. The first kappa shape index (κ1) is 19.4. The number of carbonyl (C=O) groups excluding carboxylic acids is 1. The van der Waals surface area contributed by atoms with Gasteiger partial charge in [-0.25, -0.2) is 9.38 Å². The zero-order valence-electron chi connectivity index (χ0n) is 17.7. The molecule has 3 heterocycles. The number of nitrogens with zero attached hydrogens (tertiary/aromatic N) is 6. The molecule has 0 spiro atoms. The molecule has 2 aromatic heterocycles. The summed E-state index contributed by atoms with van der Waals surface area (Å²) in [6, 6.07) is 16.3. The number of anilines is 1. The molecule has 1 aliphatic heterocycles. The molecule has 2 aromatic carbocycles. The van der Waals surface area contributed by atoms with Gasteiger partial charge < -0.3 is 14.5 Å². The lowest BCUT2D eigenvalue weighted by molar-refractivity contribution is -0.135. The third-order valence-electron chi connectivity index (χ3n) is 5.72. The van der Waals surface area contributed by atoms with Gasteiger partial charge in [0.1, 0.15) is 6.61 Å². The van der Waals surface area contributed by atoms with Gasteiger partial charge in [-0.1, -0.05) is 42.0 Å². The Kier molecular flexibility index (Phi) is 4.99. The number of rotatable bonds is 4. The zero-order valence-corrected chi connectivity index (χ0v) is 17.7. The average Bonchev–Trinajstić information content (AvgIpc) is 3.25. The molecule has 31 heavy (non-hydrogen) atoms. The maximum atomic E-state index is 12.2. The molecule has 8 nitrogen and oxygen atoms in total. The number of methoxy groups -OCH3 is 1. The lowest BCUT2D eigenvalue weighted by atomic mass is 10.1. The molecule has 4 aromatic rings. The summed E-state index contributed by atoms with van der Waals surface area (Å²) in [5.41, 5.74) is 3.85. The van der Waals surface area contributed by atoms with Crippen molar-refractivity contribution >= 4 is 28.4 Å². The fraction of sp³-hybridized carbons (Fsp3) is 0.304. The second-order valence-electron chi connectivity index (χ2n) is 7.78. The molecular weight excluding hydrogens is 392 g/mol. The average molecular weight is 416 g/mol. The van der Waals surface area contributed by atoms with Crippen LogP contribution in [0.4, 0.5) is 5.95 Å². The Bertz CT molecular complexity index is 1240. The van der Waals surface area contributed by atoms with Gasteiger partial charge in [0.05, 0.1) is 5.52 Å². The van der Waals surface area contributed by atoms with Gasteiger partial charge in [-0.2, -0.15) is 0 Å². The summed E-state index contributed by atoms with van der Waals surface area (Å²) >= 11 is 0. The Morgan fingerprint density at radius 3 is 2.48 bits per heavy atom. The molecule has 8 heteroatoms. The molecule has 0 atom stereocenters. The van der Waals surface area contributed by atoms with E-state index in [2.05, 4.69) is 46.3 Å². The number of carbonyl (C=O) groups is 1. The Hall–Kier alpha value is -3.52. The van der Waals surface area contributed by atoms with Gasteiger partial charge in [-0.15, -0.1) is 10.2 Å². The van der Waals surface area contributed by atoms with Crippen molar-refractivity contribution in [3.63, 3.8) is 0 Å². The summed E-state index contributed by atoms with van der Waals surface area (Å²) in [7, 11) is 1.54. The van der Waals surface area contributed by atoms with Crippen molar-refractivity contribution in [2.75, 3.05) is 44.8 Å². The first-order valence-electron chi connectivity index (χ1n) is 10.4. The topological polar surface area (TPSA) is 75.9 Å². The molecule has 0 bridgehead atoms. The maximum absolute atomic E-state index is 12.2. The number of benzene rings is 2. The van der Waals surface area contributed by atoms with Crippen molar-refractivity contribution in [1.29, 1.82) is 0 Å². The minimum absolute atomic E-state index is 0.0170. The minimum atomic E-state index is 0.0170. The van der Waals surface area contributed by atoms with Crippen LogP contribution >= 0.6 is 0 Å². The molecule has 0 radical (unpaired) electrons. The number of hydrogen-bond acceptors (Lipinski definition) is 6. The Balaban J connectivity index is 1.60. The number of hydrogen-bond donors (Lipinski definition) is 0. The Morgan fingerprint density at radius 1 is 1.00 bits per heavy atom. The van der Waals surface area contributed by atoms with Crippen LogP contribution in [-0.2, 0) is 9.53 Å². The Morgan fingerprint density at radius 2 is 1.74 bits per heavy atom. The van der Waals surface area contributed by atoms with Crippen molar-refractivity contribution in [3.8, 4) is 11.4 Å². The van der Waals surface area contributed by atoms with Gasteiger partial charge in [-0.3, -0.25) is 4.79 Å². The maximum Gasteiger partial charge on any atom is 0.248 e. The summed E-state index contributed by atoms with van der Waals surface area (Å²) in [6.07, 6.45) is 0. The summed E-state index contributed by atoms with van der Waals surface area (Å²) in [5.74, 6) is 1.58. The van der Waals surface area contributed by atoms with E-state index in [0.717, 1.165) is 33.9 Å². The van der Waals surface area contributed by atoms with Gasteiger partial charge in [0, 0.05) is 44.2 Å². The standard InChI is InChI=1S/C23H24N6O2/c1-16-7-9-17(10-8-16)21-25-26-22-18-5-3-4-6-19(18)24-23(29(21)22)28-13-11-27(12-14-28)20(30)15-31-2/h3-10H,11-15H2,1-2H3. The monoisotopic (exact) mass is 416 g/mol. The SMILES string of the molecule is COCC(=O)N1CCN(c2nc3ccccc3c3nnc(-c4ccc(C)cc4)n23)CC1. The fourth-order valence-electron chi connectivity index (χ4n) is 4.04. The normalized spacial score (nSPS) is 14.5. The predicted molar refractivity (Wildman–Crippen MR) is 119 cm³/mol. The number of piperazine rings is 1. The summed E-state index contributed by atoms with van der Waals surface area (Å²) in [5, 5.41) is 10.0. The quantitative estimate of drug-likeness (QED) is 0.509. The van der Waals surface area contributed by atoms with E-state index in [1.807, 2.05) is 33.6 Å². The molecule has 1 aliphatic rings. The van der Waals surface area contributed by atoms with Crippen molar-refractivity contribution in [1.82, 2.24) is 24.5 Å². The highest BCUT2D eigenvalue weighted by Gasteiger charge is 2.25. The molecule has 0 unspecified atom stereocenters. The number of fused-ring (bicyclic) bond motifs is 3. The highest BCUT2D eigenvalue weighted by Crippen LogP contribution is 2.29. The first-order valence-corrected chi connectivity index (χ1v) is 10.4. The van der Waals surface area contributed by atoms with Crippen LogP contribution in [0.5, 0.6) is 0 Å². The van der Waals surface area contributed by atoms with E-state index in [1.54, 1.807) is 7.11 Å². The van der Waals surface area contributed by atoms with Crippen LogP contribution in [0.25, 0.3) is 27.9 Å². The van der Waals surface area contributed by atoms with Crippen molar-refractivity contribution < 1.29 is 9.53 Å².